The van der Waals surface area contributed by atoms with Crippen LogP contribution in [0.25, 0.3) is 6.08 Å². The van der Waals surface area contributed by atoms with Gasteiger partial charge in [0.1, 0.15) is 5.75 Å². The molecule has 1 N–H and O–H groups in total. The fraction of sp³-hybridized carbons (Fsp3) is 0.296. The second kappa shape index (κ2) is 9.45. The SMILES string of the molecule is Cc1cnc(Oc2cccc(C=C3CCN(C(=O)N[C@@H]4CC4c4ccccc4)CC3)c2)cn1. The number of hydrogen-bond donors (Lipinski definition) is 1. The van der Waals surface area contributed by atoms with E-state index in [9.17, 15) is 4.79 Å². The lowest BCUT2D eigenvalue weighted by molar-refractivity contribution is 0.193. The number of urea groups is 1. The average Bonchev–Trinajstić information content (AvgIpc) is 3.61. The highest BCUT2D eigenvalue weighted by Gasteiger charge is 2.40. The number of hydrogen-bond acceptors (Lipinski definition) is 4. The number of benzene rings is 2. The van der Waals surface area contributed by atoms with Crippen LogP contribution in [0.3, 0.4) is 0 Å². The van der Waals surface area contributed by atoms with E-state index in [1.54, 1.807) is 12.4 Å². The molecule has 0 spiro atoms. The van der Waals surface area contributed by atoms with Gasteiger partial charge in [-0.3, -0.25) is 4.98 Å². The fourth-order valence-corrected chi connectivity index (χ4v) is 4.27. The van der Waals surface area contributed by atoms with Crippen LogP contribution in [-0.2, 0) is 0 Å². The molecule has 0 bridgehead atoms. The first-order chi connectivity index (χ1) is 16.1. The molecule has 1 aliphatic heterocycles. The molecule has 1 aliphatic carbocycles. The van der Waals surface area contributed by atoms with Gasteiger partial charge in [-0.1, -0.05) is 54.1 Å². The Morgan fingerprint density at radius 2 is 1.88 bits per heavy atom. The van der Waals surface area contributed by atoms with Gasteiger partial charge in [0.05, 0.1) is 18.1 Å². The number of amides is 2. The number of nitrogens with one attached hydrogen (secondary N) is 1. The lowest BCUT2D eigenvalue weighted by Crippen LogP contribution is -2.44. The summed E-state index contributed by atoms with van der Waals surface area (Å²) in [5.74, 6) is 1.67. The molecule has 1 saturated heterocycles. The first-order valence-corrected chi connectivity index (χ1v) is 11.5. The monoisotopic (exact) mass is 440 g/mol. The van der Waals surface area contributed by atoms with Gasteiger partial charge < -0.3 is 15.0 Å². The minimum absolute atomic E-state index is 0.0621. The second-order valence-corrected chi connectivity index (χ2v) is 8.77. The van der Waals surface area contributed by atoms with Crippen LogP contribution in [0.4, 0.5) is 4.79 Å². The molecule has 2 amide bonds. The summed E-state index contributed by atoms with van der Waals surface area (Å²) in [7, 11) is 0. The van der Waals surface area contributed by atoms with E-state index in [1.165, 1.54) is 11.1 Å². The summed E-state index contributed by atoms with van der Waals surface area (Å²) >= 11 is 0. The van der Waals surface area contributed by atoms with Crippen molar-refractivity contribution in [1.29, 1.82) is 0 Å². The number of aromatic nitrogens is 2. The van der Waals surface area contributed by atoms with E-state index < -0.39 is 0 Å². The largest absolute Gasteiger partial charge is 0.437 e. The zero-order valence-corrected chi connectivity index (χ0v) is 18.8. The number of rotatable bonds is 5. The number of nitrogens with zero attached hydrogens (tertiary/aromatic N) is 3. The van der Waals surface area contributed by atoms with E-state index in [0.717, 1.165) is 49.4 Å². The third kappa shape index (κ3) is 5.40. The van der Waals surface area contributed by atoms with Gasteiger partial charge >= 0.3 is 6.03 Å². The average molecular weight is 441 g/mol. The van der Waals surface area contributed by atoms with E-state index in [2.05, 4.69) is 51.7 Å². The van der Waals surface area contributed by atoms with Crippen LogP contribution >= 0.6 is 0 Å². The molecule has 2 fully saturated rings. The summed E-state index contributed by atoms with van der Waals surface area (Å²) < 4.78 is 5.83. The summed E-state index contributed by atoms with van der Waals surface area (Å²) in [6, 6.07) is 18.7. The molecule has 2 aliphatic rings. The van der Waals surface area contributed by atoms with Gasteiger partial charge in [0, 0.05) is 25.0 Å². The van der Waals surface area contributed by atoms with Gasteiger partial charge in [-0.15, -0.1) is 0 Å². The molecule has 2 heterocycles. The number of likely N-dealkylation sites (tertiary alicyclic amines) is 1. The summed E-state index contributed by atoms with van der Waals surface area (Å²) in [5, 5.41) is 3.21. The Bertz CT molecular complexity index is 1130. The van der Waals surface area contributed by atoms with Crippen LogP contribution in [0.1, 0.15) is 42.0 Å². The highest BCUT2D eigenvalue weighted by atomic mass is 16.5. The normalized spacial score (nSPS) is 19.7. The second-order valence-electron chi connectivity index (χ2n) is 8.77. The Morgan fingerprint density at radius 3 is 2.64 bits per heavy atom. The van der Waals surface area contributed by atoms with Crippen molar-refractivity contribution in [1.82, 2.24) is 20.2 Å². The first kappa shape index (κ1) is 21.2. The zero-order valence-electron chi connectivity index (χ0n) is 18.8. The van der Waals surface area contributed by atoms with Gasteiger partial charge in [-0.25, -0.2) is 9.78 Å². The number of carbonyl (C=O) groups excluding carboxylic acids is 1. The molecule has 2 aromatic carbocycles. The van der Waals surface area contributed by atoms with Gasteiger partial charge in [0.15, 0.2) is 0 Å². The Balaban J connectivity index is 1.13. The Labute approximate surface area is 194 Å². The lowest BCUT2D eigenvalue weighted by Gasteiger charge is -2.28. The predicted molar refractivity (Wildman–Crippen MR) is 128 cm³/mol. The number of ether oxygens (including phenoxy) is 1. The van der Waals surface area contributed by atoms with Crippen LogP contribution < -0.4 is 10.1 Å². The van der Waals surface area contributed by atoms with Gasteiger partial charge in [0.2, 0.25) is 5.88 Å². The molecule has 1 saturated carbocycles. The van der Waals surface area contributed by atoms with E-state index in [-0.39, 0.29) is 12.1 Å². The summed E-state index contributed by atoms with van der Waals surface area (Å²) in [4.78, 5) is 23.1. The molecule has 1 aromatic heterocycles. The molecule has 6 nitrogen and oxygen atoms in total. The number of aryl methyl sites for hydroxylation is 1. The van der Waals surface area contributed by atoms with Crippen LogP contribution in [0, 0.1) is 6.92 Å². The molecule has 3 aromatic rings. The standard InChI is InChI=1S/C27H28N4O2/c1-19-17-29-26(18-28-19)33-23-9-5-6-21(15-23)14-20-10-12-31(13-11-20)27(32)30-25-16-24(25)22-7-3-2-4-8-22/h2-9,14-15,17-18,24-25H,10-13,16H2,1H3,(H,30,32)/t24?,25-/m1/s1. The Morgan fingerprint density at radius 1 is 1.06 bits per heavy atom. The van der Waals surface area contributed by atoms with Crippen LogP contribution in [0.15, 0.2) is 72.6 Å². The topological polar surface area (TPSA) is 67.3 Å². The van der Waals surface area contributed by atoms with Crippen molar-refractivity contribution >= 4 is 12.1 Å². The molecule has 2 atom stereocenters. The highest BCUT2D eigenvalue weighted by Crippen LogP contribution is 2.40. The van der Waals surface area contributed by atoms with Crippen molar-refractivity contribution in [2.45, 2.75) is 38.1 Å². The summed E-state index contributed by atoms with van der Waals surface area (Å²) in [5.41, 5.74) is 4.60. The molecule has 5 rings (SSSR count). The van der Waals surface area contributed by atoms with Crippen LogP contribution in [-0.4, -0.2) is 40.0 Å². The van der Waals surface area contributed by atoms with Crippen molar-refractivity contribution in [3.05, 3.63) is 89.4 Å². The zero-order chi connectivity index (χ0) is 22.6. The fourth-order valence-electron chi connectivity index (χ4n) is 4.27. The maximum atomic E-state index is 12.7. The van der Waals surface area contributed by atoms with E-state index >= 15 is 0 Å². The van der Waals surface area contributed by atoms with E-state index in [0.29, 0.717) is 11.8 Å². The van der Waals surface area contributed by atoms with Crippen molar-refractivity contribution < 1.29 is 9.53 Å². The Kier molecular flexibility index (Phi) is 6.07. The molecule has 0 radical (unpaired) electrons. The smallest absolute Gasteiger partial charge is 0.317 e. The van der Waals surface area contributed by atoms with Crippen molar-refractivity contribution in [2.75, 3.05) is 13.1 Å². The molecule has 1 unspecified atom stereocenters. The highest BCUT2D eigenvalue weighted by molar-refractivity contribution is 5.75. The van der Waals surface area contributed by atoms with Gasteiger partial charge in [-0.05, 0) is 49.4 Å². The predicted octanol–water partition coefficient (Wildman–Crippen LogP) is 5.32. The minimum atomic E-state index is 0.0621. The van der Waals surface area contributed by atoms with Crippen molar-refractivity contribution in [2.24, 2.45) is 0 Å². The number of piperidine rings is 1. The lowest BCUT2D eigenvalue weighted by atomic mass is 10.0. The molecule has 33 heavy (non-hydrogen) atoms. The minimum Gasteiger partial charge on any atom is -0.437 e. The van der Waals surface area contributed by atoms with Crippen molar-refractivity contribution in [3.8, 4) is 11.6 Å². The Hall–Kier alpha value is -3.67. The molecular weight excluding hydrogens is 412 g/mol. The number of carbonyl (C=O) groups is 1. The molecule has 168 valence electrons. The maximum Gasteiger partial charge on any atom is 0.317 e. The summed E-state index contributed by atoms with van der Waals surface area (Å²) in [6.45, 7) is 3.39. The summed E-state index contributed by atoms with van der Waals surface area (Å²) in [6.07, 6.45) is 8.32. The van der Waals surface area contributed by atoms with Crippen LogP contribution in [0.2, 0.25) is 0 Å². The maximum absolute atomic E-state index is 12.7. The first-order valence-electron chi connectivity index (χ1n) is 11.5. The third-order valence-electron chi connectivity index (χ3n) is 6.23. The quantitative estimate of drug-likeness (QED) is 0.583. The molecule has 6 heteroatoms. The van der Waals surface area contributed by atoms with Crippen molar-refractivity contribution in [3.63, 3.8) is 0 Å². The van der Waals surface area contributed by atoms with Gasteiger partial charge in [0.25, 0.3) is 0 Å². The molecular formula is C27H28N4O2. The van der Waals surface area contributed by atoms with E-state index in [1.807, 2.05) is 36.1 Å². The van der Waals surface area contributed by atoms with E-state index in [4.69, 9.17) is 4.74 Å². The van der Waals surface area contributed by atoms with Gasteiger partial charge in [-0.2, -0.15) is 0 Å². The third-order valence-corrected chi connectivity index (χ3v) is 6.23. The van der Waals surface area contributed by atoms with Crippen LogP contribution in [0.5, 0.6) is 11.6 Å².